The summed E-state index contributed by atoms with van der Waals surface area (Å²) in [5.74, 6) is 0.0585. The molecule has 0 fully saturated rings. The number of benzene rings is 2. The summed E-state index contributed by atoms with van der Waals surface area (Å²) in [6.45, 7) is 1.15. The van der Waals surface area contributed by atoms with Crippen LogP contribution in [0.4, 0.5) is 0 Å². The van der Waals surface area contributed by atoms with Crippen molar-refractivity contribution in [1.29, 1.82) is 0 Å². The quantitative estimate of drug-likeness (QED) is 0.583. The highest BCUT2D eigenvalue weighted by Gasteiger charge is 2.28. The Morgan fingerprint density at radius 1 is 0.875 bits per heavy atom. The maximum atomic E-state index is 12.0. The van der Waals surface area contributed by atoms with Gasteiger partial charge in [-0.25, -0.2) is 0 Å². The third-order valence-electron chi connectivity index (χ3n) is 4.71. The monoisotopic (exact) mass is 323 g/mol. The minimum atomic E-state index is -0.0930. The van der Waals surface area contributed by atoms with E-state index in [1.165, 1.54) is 22.3 Å². The third-order valence-corrected chi connectivity index (χ3v) is 4.71. The Morgan fingerprint density at radius 3 is 2.08 bits per heavy atom. The molecule has 2 aromatic carbocycles. The standard InChI is InChI=1S/C21H25NO2/c22-14-8-2-1-3-13-21(23)24-15-20-18-11-6-4-9-16(18)17-10-5-7-12-19(17)20/h4-7,9-12,20H,1-3,8,13-15,22H2. The number of unbranched alkanes of at least 4 members (excludes halogenated alkanes) is 3. The summed E-state index contributed by atoms with van der Waals surface area (Å²) < 4.78 is 5.58. The zero-order chi connectivity index (χ0) is 16.8. The van der Waals surface area contributed by atoms with Gasteiger partial charge in [-0.2, -0.15) is 0 Å². The number of carbonyl (C=O) groups is 1. The third kappa shape index (κ3) is 3.68. The van der Waals surface area contributed by atoms with Crippen LogP contribution in [-0.4, -0.2) is 19.1 Å². The van der Waals surface area contributed by atoms with Gasteiger partial charge >= 0.3 is 5.97 Å². The van der Waals surface area contributed by atoms with Gasteiger partial charge < -0.3 is 10.5 Å². The second-order valence-corrected chi connectivity index (χ2v) is 6.36. The number of fused-ring (bicyclic) bond motifs is 3. The second kappa shape index (κ2) is 8.11. The average Bonchev–Trinajstić information content (AvgIpc) is 2.94. The van der Waals surface area contributed by atoms with Crippen LogP contribution >= 0.6 is 0 Å². The Bertz CT molecular complexity index is 650. The molecule has 3 heteroatoms. The van der Waals surface area contributed by atoms with E-state index in [9.17, 15) is 4.79 Å². The fraction of sp³-hybridized carbons (Fsp3) is 0.381. The molecular weight excluding hydrogens is 298 g/mol. The summed E-state index contributed by atoms with van der Waals surface area (Å²) in [4.78, 5) is 12.0. The van der Waals surface area contributed by atoms with E-state index in [1.807, 2.05) is 0 Å². The van der Waals surface area contributed by atoms with E-state index in [0.29, 0.717) is 13.0 Å². The maximum Gasteiger partial charge on any atom is 0.305 e. The number of ether oxygens (including phenoxy) is 1. The molecule has 2 aromatic rings. The fourth-order valence-corrected chi connectivity index (χ4v) is 3.46. The molecule has 0 saturated carbocycles. The summed E-state index contributed by atoms with van der Waals surface area (Å²) in [6.07, 6.45) is 4.55. The van der Waals surface area contributed by atoms with E-state index in [4.69, 9.17) is 10.5 Å². The van der Waals surface area contributed by atoms with Gasteiger partial charge in [-0.1, -0.05) is 61.4 Å². The van der Waals surface area contributed by atoms with E-state index in [0.717, 1.165) is 32.2 Å². The van der Waals surface area contributed by atoms with Crippen LogP contribution in [0, 0.1) is 0 Å². The first kappa shape index (κ1) is 16.7. The highest BCUT2D eigenvalue weighted by atomic mass is 16.5. The molecule has 0 aliphatic heterocycles. The summed E-state index contributed by atoms with van der Waals surface area (Å²) >= 11 is 0. The minimum absolute atomic E-state index is 0.0930. The van der Waals surface area contributed by atoms with E-state index >= 15 is 0 Å². The Hall–Kier alpha value is -2.13. The van der Waals surface area contributed by atoms with Crippen molar-refractivity contribution in [2.24, 2.45) is 5.73 Å². The Balaban J connectivity index is 1.58. The summed E-state index contributed by atoms with van der Waals surface area (Å²) in [5.41, 5.74) is 10.5. The fourth-order valence-electron chi connectivity index (χ4n) is 3.46. The highest BCUT2D eigenvalue weighted by Crippen LogP contribution is 2.44. The van der Waals surface area contributed by atoms with Gasteiger partial charge in [0.15, 0.2) is 0 Å². The van der Waals surface area contributed by atoms with Crippen molar-refractivity contribution in [3.8, 4) is 11.1 Å². The molecule has 0 atom stereocenters. The van der Waals surface area contributed by atoms with Gasteiger partial charge in [0.05, 0.1) is 0 Å². The lowest BCUT2D eigenvalue weighted by Gasteiger charge is -2.14. The molecule has 0 heterocycles. The number of rotatable bonds is 8. The van der Waals surface area contributed by atoms with Crippen LogP contribution in [-0.2, 0) is 9.53 Å². The minimum Gasteiger partial charge on any atom is -0.465 e. The number of esters is 1. The number of hydrogen-bond donors (Lipinski definition) is 1. The number of carbonyl (C=O) groups excluding carboxylic acids is 1. The van der Waals surface area contributed by atoms with Crippen molar-refractivity contribution >= 4 is 5.97 Å². The first-order valence-corrected chi connectivity index (χ1v) is 8.85. The molecule has 0 bridgehead atoms. The summed E-state index contributed by atoms with van der Waals surface area (Å²) in [5, 5.41) is 0. The molecule has 24 heavy (non-hydrogen) atoms. The van der Waals surface area contributed by atoms with E-state index < -0.39 is 0 Å². The lowest BCUT2D eigenvalue weighted by Crippen LogP contribution is -2.12. The van der Waals surface area contributed by atoms with Gasteiger partial charge in [0.1, 0.15) is 6.61 Å². The highest BCUT2D eigenvalue weighted by molar-refractivity contribution is 5.79. The lowest BCUT2D eigenvalue weighted by atomic mass is 9.98. The zero-order valence-electron chi connectivity index (χ0n) is 14.0. The van der Waals surface area contributed by atoms with Crippen LogP contribution < -0.4 is 5.73 Å². The topological polar surface area (TPSA) is 52.3 Å². The maximum absolute atomic E-state index is 12.0. The Morgan fingerprint density at radius 2 is 1.46 bits per heavy atom. The predicted molar refractivity (Wildman–Crippen MR) is 96.8 cm³/mol. The molecule has 2 N–H and O–H groups in total. The van der Waals surface area contributed by atoms with Crippen LogP contribution in [0.25, 0.3) is 11.1 Å². The first-order chi connectivity index (χ1) is 11.8. The van der Waals surface area contributed by atoms with Gasteiger partial charge in [-0.05, 0) is 41.6 Å². The molecular formula is C21H25NO2. The molecule has 0 unspecified atom stereocenters. The van der Waals surface area contributed by atoms with Crippen molar-refractivity contribution < 1.29 is 9.53 Å². The smallest absolute Gasteiger partial charge is 0.305 e. The molecule has 0 aromatic heterocycles. The molecule has 0 amide bonds. The normalized spacial score (nSPS) is 12.7. The molecule has 126 valence electrons. The molecule has 3 nitrogen and oxygen atoms in total. The van der Waals surface area contributed by atoms with E-state index in [2.05, 4.69) is 48.5 Å². The van der Waals surface area contributed by atoms with E-state index in [1.54, 1.807) is 0 Å². The molecule has 0 radical (unpaired) electrons. The largest absolute Gasteiger partial charge is 0.465 e. The van der Waals surface area contributed by atoms with Crippen molar-refractivity contribution in [3.63, 3.8) is 0 Å². The Kier molecular flexibility index (Phi) is 5.65. The van der Waals surface area contributed by atoms with Gasteiger partial charge in [-0.3, -0.25) is 4.79 Å². The molecule has 0 spiro atoms. The van der Waals surface area contributed by atoms with Crippen LogP contribution in [0.5, 0.6) is 0 Å². The van der Waals surface area contributed by atoms with Crippen molar-refractivity contribution in [2.75, 3.05) is 13.2 Å². The first-order valence-electron chi connectivity index (χ1n) is 8.85. The van der Waals surface area contributed by atoms with Crippen molar-refractivity contribution in [1.82, 2.24) is 0 Å². The second-order valence-electron chi connectivity index (χ2n) is 6.36. The lowest BCUT2D eigenvalue weighted by molar-refractivity contribution is -0.144. The van der Waals surface area contributed by atoms with Crippen molar-refractivity contribution in [2.45, 2.75) is 38.0 Å². The average molecular weight is 323 g/mol. The number of nitrogens with two attached hydrogens (primary N) is 1. The summed E-state index contributed by atoms with van der Waals surface area (Å²) in [6, 6.07) is 16.8. The predicted octanol–water partition coefficient (Wildman–Crippen LogP) is 4.25. The van der Waals surface area contributed by atoms with Gasteiger partial charge in [0, 0.05) is 12.3 Å². The van der Waals surface area contributed by atoms with Crippen molar-refractivity contribution in [3.05, 3.63) is 59.7 Å². The SMILES string of the molecule is NCCCCCCC(=O)OCC1c2ccccc2-c2ccccc21. The van der Waals surface area contributed by atoms with Gasteiger partial charge in [0.25, 0.3) is 0 Å². The van der Waals surface area contributed by atoms with Crippen LogP contribution in [0.15, 0.2) is 48.5 Å². The van der Waals surface area contributed by atoms with Crippen LogP contribution in [0.3, 0.4) is 0 Å². The summed E-state index contributed by atoms with van der Waals surface area (Å²) in [7, 11) is 0. The van der Waals surface area contributed by atoms with Crippen LogP contribution in [0.2, 0.25) is 0 Å². The Labute approximate surface area is 143 Å². The van der Waals surface area contributed by atoms with Gasteiger partial charge in [0.2, 0.25) is 0 Å². The molecule has 1 aliphatic carbocycles. The molecule has 3 rings (SSSR count). The van der Waals surface area contributed by atoms with E-state index in [-0.39, 0.29) is 11.9 Å². The van der Waals surface area contributed by atoms with Gasteiger partial charge in [-0.15, -0.1) is 0 Å². The molecule has 1 aliphatic rings. The zero-order valence-corrected chi connectivity index (χ0v) is 14.0. The number of hydrogen-bond acceptors (Lipinski definition) is 3. The molecule has 0 saturated heterocycles. The van der Waals surface area contributed by atoms with Crippen LogP contribution in [0.1, 0.15) is 49.1 Å².